The van der Waals surface area contributed by atoms with Crippen molar-refractivity contribution in [3.05, 3.63) is 22.7 Å². The number of hydrogen-bond acceptors (Lipinski definition) is 5. The highest BCUT2D eigenvalue weighted by Crippen LogP contribution is 2.30. The van der Waals surface area contributed by atoms with E-state index in [1.165, 1.54) is 7.11 Å². The van der Waals surface area contributed by atoms with Gasteiger partial charge in [0.2, 0.25) is 5.91 Å². The van der Waals surface area contributed by atoms with Crippen LogP contribution in [0.4, 0.5) is 5.69 Å². The van der Waals surface area contributed by atoms with Crippen LogP contribution < -0.4 is 15.4 Å². The summed E-state index contributed by atoms with van der Waals surface area (Å²) in [6.07, 6.45) is 4.93. The molecular formula is C19H25ClN2O5. The molecule has 2 N–H and O–H groups in total. The molecule has 0 aliphatic heterocycles. The second-order valence-electron chi connectivity index (χ2n) is 6.56. The third-order valence-corrected chi connectivity index (χ3v) is 4.91. The number of anilines is 1. The predicted octanol–water partition coefficient (Wildman–Crippen LogP) is 2.84. The van der Waals surface area contributed by atoms with E-state index in [9.17, 15) is 14.4 Å². The van der Waals surface area contributed by atoms with E-state index in [0.717, 1.165) is 37.7 Å². The maximum atomic E-state index is 12.0. The van der Waals surface area contributed by atoms with E-state index in [2.05, 4.69) is 10.6 Å². The third kappa shape index (κ3) is 6.43. The number of ether oxygens (including phenoxy) is 2. The highest BCUT2D eigenvalue weighted by Gasteiger charge is 2.21. The maximum absolute atomic E-state index is 12.0. The normalized spacial score (nSPS) is 14.3. The van der Waals surface area contributed by atoms with Gasteiger partial charge in [-0.15, -0.1) is 0 Å². The number of amides is 2. The van der Waals surface area contributed by atoms with Crippen molar-refractivity contribution >= 4 is 35.1 Å². The summed E-state index contributed by atoms with van der Waals surface area (Å²) < 4.78 is 10.1. The Morgan fingerprint density at radius 1 is 1.19 bits per heavy atom. The van der Waals surface area contributed by atoms with Gasteiger partial charge in [0, 0.05) is 17.0 Å². The number of methoxy groups -OCH3 is 1. The minimum atomic E-state index is -0.659. The van der Waals surface area contributed by atoms with Crippen molar-refractivity contribution in [3.8, 4) is 5.75 Å². The van der Waals surface area contributed by atoms with E-state index in [4.69, 9.17) is 21.1 Å². The van der Waals surface area contributed by atoms with Crippen LogP contribution >= 0.6 is 11.6 Å². The van der Waals surface area contributed by atoms with Crippen LogP contribution in [0.25, 0.3) is 0 Å². The number of carbonyl (C=O) groups is 3. The standard InChI is InChI=1S/C19H25ClN2O5/c1-12-8-15(16(26-2)9-14(12)20)22-17(23)11-27-18(24)10-21-19(25)13-6-4-3-5-7-13/h8-9,13H,3-7,10-11H2,1-2H3,(H,21,25)(H,22,23). The summed E-state index contributed by atoms with van der Waals surface area (Å²) in [4.78, 5) is 35.7. The molecule has 1 fully saturated rings. The summed E-state index contributed by atoms with van der Waals surface area (Å²) >= 11 is 6.02. The van der Waals surface area contributed by atoms with E-state index >= 15 is 0 Å². The molecular weight excluding hydrogens is 372 g/mol. The topological polar surface area (TPSA) is 93.7 Å². The van der Waals surface area contributed by atoms with Crippen LogP contribution in [0.2, 0.25) is 5.02 Å². The lowest BCUT2D eigenvalue weighted by Gasteiger charge is -2.20. The second kappa shape index (κ2) is 10.2. The molecule has 7 nitrogen and oxygen atoms in total. The minimum Gasteiger partial charge on any atom is -0.495 e. The molecule has 1 saturated carbocycles. The number of benzene rings is 1. The first-order valence-electron chi connectivity index (χ1n) is 8.98. The van der Waals surface area contributed by atoms with Gasteiger partial charge in [-0.25, -0.2) is 0 Å². The van der Waals surface area contributed by atoms with Gasteiger partial charge in [0.05, 0.1) is 12.8 Å². The molecule has 0 heterocycles. The average molecular weight is 397 g/mol. The number of halogens is 1. The molecule has 0 spiro atoms. The molecule has 0 bridgehead atoms. The first-order chi connectivity index (χ1) is 12.9. The fourth-order valence-corrected chi connectivity index (χ4v) is 3.14. The lowest BCUT2D eigenvalue weighted by atomic mass is 9.89. The fourth-order valence-electron chi connectivity index (χ4n) is 2.98. The molecule has 0 atom stereocenters. The first kappa shape index (κ1) is 21.0. The molecule has 1 aliphatic rings. The molecule has 1 aromatic rings. The van der Waals surface area contributed by atoms with Crippen LogP contribution in [0.5, 0.6) is 5.75 Å². The van der Waals surface area contributed by atoms with Crippen LogP contribution in [-0.2, 0) is 19.1 Å². The molecule has 2 rings (SSSR count). The Labute approximate surface area is 163 Å². The Kier molecular flexibility index (Phi) is 7.91. The van der Waals surface area contributed by atoms with Crippen molar-refractivity contribution in [1.29, 1.82) is 0 Å². The Morgan fingerprint density at radius 2 is 1.89 bits per heavy atom. The number of nitrogens with one attached hydrogen (secondary N) is 2. The Balaban J connectivity index is 1.75. The molecule has 0 radical (unpaired) electrons. The van der Waals surface area contributed by atoms with Gasteiger partial charge in [-0.3, -0.25) is 14.4 Å². The van der Waals surface area contributed by atoms with Crippen LogP contribution in [-0.4, -0.2) is 38.0 Å². The third-order valence-electron chi connectivity index (χ3n) is 4.50. The fraction of sp³-hybridized carbons (Fsp3) is 0.526. The van der Waals surface area contributed by atoms with Gasteiger partial charge < -0.3 is 20.1 Å². The van der Waals surface area contributed by atoms with E-state index < -0.39 is 18.5 Å². The van der Waals surface area contributed by atoms with E-state index in [-0.39, 0.29) is 18.4 Å². The van der Waals surface area contributed by atoms with Crippen LogP contribution in [0.15, 0.2) is 12.1 Å². The van der Waals surface area contributed by atoms with Crippen molar-refractivity contribution in [2.24, 2.45) is 5.92 Å². The zero-order valence-corrected chi connectivity index (χ0v) is 16.4. The highest BCUT2D eigenvalue weighted by molar-refractivity contribution is 6.31. The van der Waals surface area contributed by atoms with Crippen LogP contribution in [0, 0.1) is 12.8 Å². The summed E-state index contributed by atoms with van der Waals surface area (Å²) in [6, 6.07) is 3.27. The zero-order valence-electron chi connectivity index (χ0n) is 15.6. The number of hydrogen-bond donors (Lipinski definition) is 2. The molecule has 27 heavy (non-hydrogen) atoms. The monoisotopic (exact) mass is 396 g/mol. The van der Waals surface area contributed by atoms with Gasteiger partial charge in [-0.2, -0.15) is 0 Å². The lowest BCUT2D eigenvalue weighted by Crippen LogP contribution is -2.36. The van der Waals surface area contributed by atoms with Crippen LogP contribution in [0.3, 0.4) is 0 Å². The lowest BCUT2D eigenvalue weighted by molar-refractivity contribution is -0.147. The number of rotatable bonds is 7. The highest BCUT2D eigenvalue weighted by atomic mass is 35.5. The van der Waals surface area contributed by atoms with Gasteiger partial charge >= 0.3 is 5.97 Å². The number of carbonyl (C=O) groups excluding carboxylic acids is 3. The molecule has 1 aromatic carbocycles. The largest absolute Gasteiger partial charge is 0.495 e. The van der Waals surface area contributed by atoms with E-state index in [1.54, 1.807) is 19.1 Å². The van der Waals surface area contributed by atoms with Gasteiger partial charge in [0.1, 0.15) is 12.3 Å². The van der Waals surface area contributed by atoms with E-state index in [0.29, 0.717) is 16.5 Å². The molecule has 0 saturated heterocycles. The molecule has 148 valence electrons. The van der Waals surface area contributed by atoms with Gasteiger partial charge in [0.15, 0.2) is 6.61 Å². The predicted molar refractivity (Wildman–Crippen MR) is 102 cm³/mol. The summed E-state index contributed by atoms with van der Waals surface area (Å²) in [5.41, 5.74) is 1.21. The first-order valence-corrected chi connectivity index (χ1v) is 9.36. The van der Waals surface area contributed by atoms with Gasteiger partial charge in [-0.05, 0) is 31.4 Å². The number of esters is 1. The van der Waals surface area contributed by atoms with Gasteiger partial charge in [-0.1, -0.05) is 30.9 Å². The Hall–Kier alpha value is -2.28. The molecule has 1 aliphatic carbocycles. The van der Waals surface area contributed by atoms with Crippen LogP contribution in [0.1, 0.15) is 37.7 Å². The smallest absolute Gasteiger partial charge is 0.325 e. The van der Waals surface area contributed by atoms with E-state index in [1.807, 2.05) is 0 Å². The zero-order chi connectivity index (χ0) is 19.8. The van der Waals surface area contributed by atoms with Gasteiger partial charge in [0.25, 0.3) is 5.91 Å². The summed E-state index contributed by atoms with van der Waals surface area (Å²) in [5.74, 6) is -0.923. The number of aryl methyl sites for hydroxylation is 1. The van der Waals surface area contributed by atoms with Crippen molar-refractivity contribution in [2.75, 3.05) is 25.6 Å². The summed E-state index contributed by atoms with van der Waals surface area (Å²) in [7, 11) is 1.46. The Bertz CT molecular complexity index is 702. The molecule has 2 amide bonds. The Morgan fingerprint density at radius 3 is 2.56 bits per heavy atom. The quantitative estimate of drug-likeness (QED) is 0.691. The summed E-state index contributed by atoms with van der Waals surface area (Å²) in [5, 5.41) is 5.71. The average Bonchev–Trinajstić information content (AvgIpc) is 2.67. The molecule has 0 unspecified atom stereocenters. The molecule has 8 heteroatoms. The van der Waals surface area contributed by atoms with Crippen molar-refractivity contribution in [1.82, 2.24) is 5.32 Å². The summed E-state index contributed by atoms with van der Waals surface area (Å²) in [6.45, 7) is 1.10. The van der Waals surface area contributed by atoms with Crippen molar-refractivity contribution in [3.63, 3.8) is 0 Å². The minimum absolute atomic E-state index is 0.0320. The maximum Gasteiger partial charge on any atom is 0.325 e. The second-order valence-corrected chi connectivity index (χ2v) is 6.97. The van der Waals surface area contributed by atoms with Crippen molar-refractivity contribution < 1.29 is 23.9 Å². The SMILES string of the molecule is COc1cc(Cl)c(C)cc1NC(=O)COC(=O)CNC(=O)C1CCCCC1. The molecule has 0 aromatic heterocycles. The van der Waals surface area contributed by atoms with Crippen molar-refractivity contribution in [2.45, 2.75) is 39.0 Å².